The third-order valence-corrected chi connectivity index (χ3v) is 2.97. The van der Waals surface area contributed by atoms with E-state index in [4.69, 9.17) is 4.74 Å². The van der Waals surface area contributed by atoms with Gasteiger partial charge in [0, 0.05) is 11.5 Å². The van der Waals surface area contributed by atoms with Crippen LogP contribution in [0.3, 0.4) is 0 Å². The third kappa shape index (κ3) is 3.30. The van der Waals surface area contributed by atoms with Crippen LogP contribution >= 0.6 is 0 Å². The highest BCUT2D eigenvalue weighted by atomic mass is 19.1. The predicted molar refractivity (Wildman–Crippen MR) is 67.8 cm³/mol. The van der Waals surface area contributed by atoms with E-state index in [9.17, 15) is 14.0 Å². The van der Waals surface area contributed by atoms with Crippen LogP contribution in [0.4, 0.5) is 4.39 Å². The second-order valence-electron chi connectivity index (χ2n) is 4.30. The van der Waals surface area contributed by atoms with E-state index < -0.39 is 23.5 Å². The Balaban J connectivity index is 3.00. The molecule has 0 aliphatic carbocycles. The number of ketones is 1. The van der Waals surface area contributed by atoms with Crippen molar-refractivity contribution in [2.24, 2.45) is 5.92 Å². The molecule has 0 spiro atoms. The molecule has 5 heteroatoms. The summed E-state index contributed by atoms with van der Waals surface area (Å²) >= 11 is 0. The van der Waals surface area contributed by atoms with E-state index in [2.05, 4.69) is 4.74 Å². The van der Waals surface area contributed by atoms with Gasteiger partial charge in [0.15, 0.2) is 5.78 Å². The van der Waals surface area contributed by atoms with E-state index in [1.165, 1.54) is 33.3 Å². The summed E-state index contributed by atoms with van der Waals surface area (Å²) in [5.74, 6) is -1.77. The fourth-order valence-corrected chi connectivity index (χ4v) is 1.77. The molecule has 1 rings (SSSR count). The molecule has 0 heterocycles. The summed E-state index contributed by atoms with van der Waals surface area (Å²) in [5, 5.41) is 0. The van der Waals surface area contributed by atoms with Crippen LogP contribution in [-0.2, 0) is 9.53 Å². The molecule has 0 amide bonds. The van der Waals surface area contributed by atoms with Gasteiger partial charge in [-0.3, -0.25) is 9.59 Å². The van der Waals surface area contributed by atoms with Crippen LogP contribution in [0.1, 0.15) is 29.3 Å². The van der Waals surface area contributed by atoms with Gasteiger partial charge < -0.3 is 9.47 Å². The van der Waals surface area contributed by atoms with E-state index in [1.54, 1.807) is 6.92 Å². The van der Waals surface area contributed by atoms with Crippen molar-refractivity contribution < 1.29 is 23.5 Å². The molecule has 0 saturated carbocycles. The lowest BCUT2D eigenvalue weighted by molar-refractivity contribution is -0.141. The van der Waals surface area contributed by atoms with Gasteiger partial charge in [-0.2, -0.15) is 0 Å². The monoisotopic (exact) mass is 268 g/mol. The van der Waals surface area contributed by atoms with Gasteiger partial charge in [-0.15, -0.1) is 0 Å². The molecule has 1 aromatic carbocycles. The van der Waals surface area contributed by atoms with Crippen LogP contribution in [-0.4, -0.2) is 26.0 Å². The van der Waals surface area contributed by atoms with Crippen LogP contribution in [0.25, 0.3) is 0 Å². The maximum absolute atomic E-state index is 14.1. The van der Waals surface area contributed by atoms with Crippen molar-refractivity contribution in [3.8, 4) is 5.75 Å². The Hall–Kier alpha value is -1.91. The number of hydrogen-bond acceptors (Lipinski definition) is 4. The van der Waals surface area contributed by atoms with Crippen molar-refractivity contribution in [1.29, 1.82) is 0 Å². The molecule has 0 bridgehead atoms. The van der Waals surface area contributed by atoms with Crippen LogP contribution in [0.15, 0.2) is 12.1 Å². The van der Waals surface area contributed by atoms with Crippen molar-refractivity contribution in [1.82, 2.24) is 0 Å². The number of esters is 1. The van der Waals surface area contributed by atoms with Crippen molar-refractivity contribution in [3.05, 3.63) is 29.1 Å². The molecular formula is C14H17FO4. The van der Waals surface area contributed by atoms with Gasteiger partial charge in [0.25, 0.3) is 0 Å². The topological polar surface area (TPSA) is 52.6 Å². The number of hydrogen-bond donors (Lipinski definition) is 0. The van der Waals surface area contributed by atoms with E-state index in [0.717, 1.165) is 0 Å². The van der Waals surface area contributed by atoms with Gasteiger partial charge in [0.2, 0.25) is 0 Å². The molecule has 4 nitrogen and oxygen atoms in total. The van der Waals surface area contributed by atoms with E-state index in [1.807, 2.05) is 0 Å². The lowest BCUT2D eigenvalue weighted by Crippen LogP contribution is -2.18. The standard InChI is InChI=1S/C14H17FO4/c1-8(7-12(16)19-4)14(17)10-5-6-11(18-3)9(2)13(10)15/h5-6,8H,7H2,1-4H3/t8-/m0/s1. The smallest absolute Gasteiger partial charge is 0.306 e. The molecule has 0 fully saturated rings. The summed E-state index contributed by atoms with van der Waals surface area (Å²) in [6.45, 7) is 3.11. The van der Waals surface area contributed by atoms with Crippen molar-refractivity contribution in [2.45, 2.75) is 20.3 Å². The molecule has 0 aliphatic rings. The van der Waals surface area contributed by atoms with Crippen molar-refractivity contribution in [2.75, 3.05) is 14.2 Å². The minimum absolute atomic E-state index is 0.0327. The number of Topliss-reactive ketones (excluding diaryl/α,β-unsaturated/α-hetero) is 1. The first-order valence-corrected chi connectivity index (χ1v) is 5.86. The van der Waals surface area contributed by atoms with E-state index in [-0.39, 0.29) is 17.5 Å². The molecule has 19 heavy (non-hydrogen) atoms. The molecular weight excluding hydrogens is 251 g/mol. The predicted octanol–water partition coefficient (Wildman–Crippen LogP) is 2.52. The molecule has 0 saturated heterocycles. The van der Waals surface area contributed by atoms with Gasteiger partial charge in [-0.25, -0.2) is 4.39 Å². The Morgan fingerprint density at radius 1 is 1.32 bits per heavy atom. The van der Waals surface area contributed by atoms with Crippen LogP contribution in [0.2, 0.25) is 0 Å². The van der Waals surface area contributed by atoms with Crippen LogP contribution in [0.5, 0.6) is 5.75 Å². The average molecular weight is 268 g/mol. The average Bonchev–Trinajstić information content (AvgIpc) is 2.40. The first kappa shape index (κ1) is 15.1. The zero-order chi connectivity index (χ0) is 14.6. The van der Waals surface area contributed by atoms with Gasteiger partial charge >= 0.3 is 5.97 Å². The summed E-state index contributed by atoms with van der Waals surface area (Å²) in [6.07, 6.45) is -0.0696. The molecule has 1 aromatic rings. The van der Waals surface area contributed by atoms with Crippen LogP contribution < -0.4 is 4.74 Å². The normalized spacial score (nSPS) is 11.8. The molecule has 0 N–H and O–H groups in total. The molecule has 104 valence electrons. The van der Waals surface area contributed by atoms with Gasteiger partial charge in [-0.05, 0) is 19.1 Å². The Labute approximate surface area is 111 Å². The van der Waals surface area contributed by atoms with Crippen molar-refractivity contribution in [3.63, 3.8) is 0 Å². The molecule has 0 radical (unpaired) electrons. The highest BCUT2D eigenvalue weighted by Crippen LogP contribution is 2.25. The lowest BCUT2D eigenvalue weighted by Gasteiger charge is -2.12. The summed E-state index contributed by atoms with van der Waals surface area (Å²) in [7, 11) is 2.68. The molecule has 0 unspecified atom stereocenters. The zero-order valence-electron chi connectivity index (χ0n) is 11.5. The zero-order valence-corrected chi connectivity index (χ0v) is 11.5. The maximum Gasteiger partial charge on any atom is 0.306 e. The summed E-state index contributed by atoms with van der Waals surface area (Å²) in [4.78, 5) is 23.2. The SMILES string of the molecule is COC(=O)C[C@H](C)C(=O)c1ccc(OC)c(C)c1F. The van der Waals surface area contributed by atoms with Crippen molar-refractivity contribution >= 4 is 11.8 Å². The quantitative estimate of drug-likeness (QED) is 0.608. The third-order valence-electron chi connectivity index (χ3n) is 2.97. The summed E-state index contributed by atoms with van der Waals surface area (Å²) in [5.41, 5.74) is 0.244. The summed E-state index contributed by atoms with van der Waals surface area (Å²) < 4.78 is 23.5. The van der Waals surface area contributed by atoms with Gasteiger partial charge in [0.05, 0.1) is 26.2 Å². The first-order chi connectivity index (χ1) is 8.92. The fraction of sp³-hybridized carbons (Fsp3) is 0.429. The second-order valence-corrected chi connectivity index (χ2v) is 4.30. The number of benzene rings is 1. The van der Waals surface area contributed by atoms with Crippen LogP contribution in [0, 0.1) is 18.7 Å². The molecule has 0 aromatic heterocycles. The number of carbonyl (C=O) groups is 2. The molecule has 0 aliphatic heterocycles. The number of ether oxygens (including phenoxy) is 2. The largest absolute Gasteiger partial charge is 0.496 e. The second kappa shape index (κ2) is 6.31. The Kier molecular flexibility index (Phi) is 5.03. The molecule has 1 atom stereocenters. The Bertz CT molecular complexity index is 496. The minimum atomic E-state index is -0.630. The number of carbonyl (C=O) groups excluding carboxylic acids is 2. The number of rotatable bonds is 5. The Morgan fingerprint density at radius 2 is 1.95 bits per heavy atom. The van der Waals surface area contributed by atoms with Gasteiger partial charge in [-0.1, -0.05) is 6.92 Å². The van der Waals surface area contributed by atoms with E-state index >= 15 is 0 Å². The fourth-order valence-electron chi connectivity index (χ4n) is 1.77. The minimum Gasteiger partial charge on any atom is -0.496 e. The maximum atomic E-state index is 14.1. The van der Waals surface area contributed by atoms with E-state index in [0.29, 0.717) is 5.75 Å². The highest BCUT2D eigenvalue weighted by molar-refractivity contribution is 5.99. The number of methoxy groups -OCH3 is 2. The lowest BCUT2D eigenvalue weighted by atomic mass is 9.94. The Morgan fingerprint density at radius 3 is 2.47 bits per heavy atom. The highest BCUT2D eigenvalue weighted by Gasteiger charge is 2.23. The first-order valence-electron chi connectivity index (χ1n) is 5.86. The number of halogens is 1. The summed E-state index contributed by atoms with van der Waals surface area (Å²) in [6, 6.07) is 2.91. The van der Waals surface area contributed by atoms with Gasteiger partial charge in [0.1, 0.15) is 11.6 Å².